The molecule has 1 amide bonds. The number of benzene rings is 1. The van der Waals surface area contributed by atoms with Gasteiger partial charge < -0.3 is 15.4 Å². The quantitative estimate of drug-likeness (QED) is 0.808. The van der Waals surface area contributed by atoms with Crippen LogP contribution in [0.15, 0.2) is 24.3 Å². The second kappa shape index (κ2) is 5.78. The topological polar surface area (TPSA) is 82.2 Å². The highest BCUT2D eigenvalue weighted by molar-refractivity contribution is 6.00. The van der Waals surface area contributed by atoms with Gasteiger partial charge in [-0.25, -0.2) is 9.18 Å². The highest BCUT2D eigenvalue weighted by atomic mass is 19.1. The van der Waals surface area contributed by atoms with Gasteiger partial charge in [0.1, 0.15) is 11.5 Å². The lowest BCUT2D eigenvalue weighted by Gasteiger charge is -2.07. The monoisotopic (exact) mass is 290 g/mol. The summed E-state index contributed by atoms with van der Waals surface area (Å²) in [5.41, 5.74) is 1.48. The molecule has 0 spiro atoms. The smallest absolute Gasteiger partial charge is 0.352 e. The predicted molar refractivity (Wildman–Crippen MR) is 74.8 cm³/mol. The number of aromatic nitrogens is 1. The number of carboxylic acid groups (broad SMARTS) is 1. The Morgan fingerprint density at radius 2 is 1.95 bits per heavy atom. The van der Waals surface area contributed by atoms with Crippen LogP contribution in [0.2, 0.25) is 0 Å². The van der Waals surface area contributed by atoms with Gasteiger partial charge in [-0.15, -0.1) is 0 Å². The van der Waals surface area contributed by atoms with E-state index >= 15 is 0 Å². The molecule has 6 heteroatoms. The number of hydrogen-bond donors (Lipinski definition) is 3. The molecule has 1 aromatic heterocycles. The summed E-state index contributed by atoms with van der Waals surface area (Å²) < 4.78 is 13.5. The highest BCUT2D eigenvalue weighted by Crippen LogP contribution is 2.18. The molecule has 0 radical (unpaired) electrons. The first-order chi connectivity index (χ1) is 9.91. The molecule has 0 aliphatic carbocycles. The summed E-state index contributed by atoms with van der Waals surface area (Å²) in [6.07, 6.45) is 0. The largest absolute Gasteiger partial charge is 0.477 e. The molecule has 5 nitrogen and oxygen atoms in total. The van der Waals surface area contributed by atoms with E-state index in [9.17, 15) is 14.0 Å². The molecule has 0 saturated carbocycles. The number of carbonyl (C=O) groups excluding carboxylic acids is 1. The van der Waals surface area contributed by atoms with Gasteiger partial charge in [-0.05, 0) is 25.5 Å². The van der Waals surface area contributed by atoms with Crippen molar-refractivity contribution in [2.75, 3.05) is 0 Å². The third kappa shape index (κ3) is 2.94. The predicted octanol–water partition coefficient (Wildman–Crippen LogP) is 2.40. The van der Waals surface area contributed by atoms with Crippen LogP contribution in [0.5, 0.6) is 0 Å². The Hall–Kier alpha value is -2.63. The van der Waals surface area contributed by atoms with Crippen LogP contribution in [0.4, 0.5) is 4.39 Å². The van der Waals surface area contributed by atoms with Gasteiger partial charge >= 0.3 is 5.97 Å². The molecule has 2 aromatic rings. The number of carbonyl (C=O) groups is 2. The third-order valence-corrected chi connectivity index (χ3v) is 3.28. The molecule has 0 aliphatic heterocycles. The Morgan fingerprint density at radius 3 is 2.52 bits per heavy atom. The lowest BCUT2D eigenvalue weighted by molar-refractivity contribution is 0.0690. The van der Waals surface area contributed by atoms with Crippen molar-refractivity contribution in [2.24, 2.45) is 0 Å². The minimum atomic E-state index is -1.12. The number of aryl methyl sites for hydroxylation is 1. The van der Waals surface area contributed by atoms with Crippen molar-refractivity contribution in [1.82, 2.24) is 10.3 Å². The number of nitrogens with one attached hydrogen (secondary N) is 2. The van der Waals surface area contributed by atoms with Crippen molar-refractivity contribution in [3.8, 4) is 0 Å². The van der Waals surface area contributed by atoms with Crippen LogP contribution >= 0.6 is 0 Å². The van der Waals surface area contributed by atoms with Crippen molar-refractivity contribution in [2.45, 2.75) is 20.4 Å². The maximum atomic E-state index is 13.5. The molecule has 0 fully saturated rings. The van der Waals surface area contributed by atoms with Gasteiger partial charge in [0.25, 0.3) is 5.91 Å². The van der Waals surface area contributed by atoms with Crippen molar-refractivity contribution >= 4 is 11.9 Å². The Bertz CT molecular complexity index is 707. The van der Waals surface area contributed by atoms with Crippen LogP contribution < -0.4 is 5.32 Å². The maximum absolute atomic E-state index is 13.5. The summed E-state index contributed by atoms with van der Waals surface area (Å²) in [5, 5.41) is 11.6. The fraction of sp³-hybridized carbons (Fsp3) is 0.200. The molecule has 0 aliphatic rings. The van der Waals surface area contributed by atoms with Gasteiger partial charge in [-0.3, -0.25) is 4.79 Å². The van der Waals surface area contributed by atoms with Crippen LogP contribution in [0, 0.1) is 19.7 Å². The first kappa shape index (κ1) is 14.8. The van der Waals surface area contributed by atoms with Crippen molar-refractivity contribution < 1.29 is 19.1 Å². The van der Waals surface area contributed by atoms with Gasteiger partial charge in [0, 0.05) is 17.8 Å². The number of aromatic carboxylic acids is 1. The van der Waals surface area contributed by atoms with Gasteiger partial charge in [0.15, 0.2) is 0 Å². The highest BCUT2D eigenvalue weighted by Gasteiger charge is 2.21. The molecule has 2 rings (SSSR count). The third-order valence-electron chi connectivity index (χ3n) is 3.28. The molecule has 21 heavy (non-hydrogen) atoms. The zero-order chi connectivity index (χ0) is 15.6. The fourth-order valence-electron chi connectivity index (χ4n) is 2.21. The Balaban J connectivity index is 2.18. The average molecular weight is 290 g/mol. The minimum Gasteiger partial charge on any atom is -0.477 e. The van der Waals surface area contributed by atoms with E-state index in [0.717, 1.165) is 0 Å². The molecule has 0 bridgehead atoms. The lowest BCUT2D eigenvalue weighted by Crippen LogP contribution is -2.24. The van der Waals surface area contributed by atoms with Crippen LogP contribution in [-0.2, 0) is 6.54 Å². The minimum absolute atomic E-state index is 0.0106. The lowest BCUT2D eigenvalue weighted by atomic mass is 10.1. The van der Waals surface area contributed by atoms with Gasteiger partial charge in [0.2, 0.25) is 0 Å². The number of aromatic amines is 1. The van der Waals surface area contributed by atoms with E-state index in [2.05, 4.69) is 10.3 Å². The van der Waals surface area contributed by atoms with Crippen molar-refractivity contribution in [3.05, 3.63) is 58.2 Å². The molecule has 0 atom stereocenters. The summed E-state index contributed by atoms with van der Waals surface area (Å²) in [5.74, 6) is -1.95. The van der Waals surface area contributed by atoms with Gasteiger partial charge in [0.05, 0.1) is 5.56 Å². The first-order valence-corrected chi connectivity index (χ1v) is 6.36. The van der Waals surface area contributed by atoms with Crippen LogP contribution in [0.3, 0.4) is 0 Å². The molecule has 0 unspecified atom stereocenters. The molecule has 3 N–H and O–H groups in total. The maximum Gasteiger partial charge on any atom is 0.352 e. The van der Waals surface area contributed by atoms with Gasteiger partial charge in [-0.1, -0.05) is 18.2 Å². The average Bonchev–Trinajstić information content (AvgIpc) is 2.73. The summed E-state index contributed by atoms with van der Waals surface area (Å²) in [6, 6.07) is 6.14. The summed E-state index contributed by atoms with van der Waals surface area (Å²) in [7, 11) is 0. The number of amides is 1. The van der Waals surface area contributed by atoms with Crippen LogP contribution in [0.1, 0.15) is 37.7 Å². The normalized spacial score (nSPS) is 10.4. The van der Waals surface area contributed by atoms with E-state index in [4.69, 9.17) is 5.11 Å². The molecule has 1 aromatic carbocycles. The van der Waals surface area contributed by atoms with E-state index in [0.29, 0.717) is 16.8 Å². The second-order valence-corrected chi connectivity index (χ2v) is 4.70. The standard InChI is InChI=1S/C15H15FN2O3/c1-8-12(9(2)18-13(8)15(20)21)14(19)17-7-10-5-3-4-6-11(10)16/h3-6,18H,7H2,1-2H3,(H,17,19)(H,20,21). The van der Waals surface area contributed by atoms with Crippen LogP contribution in [0.25, 0.3) is 0 Å². The summed E-state index contributed by atoms with van der Waals surface area (Å²) in [4.78, 5) is 25.9. The Kier molecular flexibility index (Phi) is 4.07. The van der Waals surface area contributed by atoms with E-state index in [1.165, 1.54) is 6.07 Å². The number of hydrogen-bond acceptors (Lipinski definition) is 2. The van der Waals surface area contributed by atoms with Crippen molar-refractivity contribution in [3.63, 3.8) is 0 Å². The number of H-pyrrole nitrogens is 1. The zero-order valence-corrected chi connectivity index (χ0v) is 11.7. The first-order valence-electron chi connectivity index (χ1n) is 6.36. The zero-order valence-electron chi connectivity index (χ0n) is 11.7. The van der Waals surface area contributed by atoms with E-state index in [-0.39, 0.29) is 17.8 Å². The second-order valence-electron chi connectivity index (χ2n) is 4.70. The number of halogens is 1. The molecule has 0 saturated heterocycles. The Morgan fingerprint density at radius 1 is 1.29 bits per heavy atom. The van der Waals surface area contributed by atoms with E-state index in [1.807, 2.05) is 0 Å². The fourth-order valence-corrected chi connectivity index (χ4v) is 2.21. The van der Waals surface area contributed by atoms with Crippen LogP contribution in [-0.4, -0.2) is 22.0 Å². The molecular weight excluding hydrogens is 275 g/mol. The Labute approximate surface area is 120 Å². The summed E-state index contributed by atoms with van der Waals surface area (Å²) in [6.45, 7) is 3.22. The molecule has 110 valence electrons. The number of carboxylic acids is 1. The van der Waals surface area contributed by atoms with Gasteiger partial charge in [-0.2, -0.15) is 0 Å². The van der Waals surface area contributed by atoms with E-state index < -0.39 is 17.7 Å². The van der Waals surface area contributed by atoms with E-state index in [1.54, 1.807) is 32.0 Å². The molecule has 1 heterocycles. The van der Waals surface area contributed by atoms with Crippen molar-refractivity contribution in [1.29, 1.82) is 0 Å². The SMILES string of the molecule is Cc1[nH]c(C(=O)O)c(C)c1C(=O)NCc1ccccc1F. The molecular formula is C15H15FN2O3. The summed E-state index contributed by atoms with van der Waals surface area (Å²) >= 11 is 0. The number of rotatable bonds is 4.